The highest BCUT2D eigenvalue weighted by Crippen LogP contribution is 2.31. The molecule has 1 aromatic heterocycles. The zero-order chi connectivity index (χ0) is 16.4. The predicted octanol–water partition coefficient (Wildman–Crippen LogP) is 4.37. The number of carbonyl (C=O) groups excluding carboxylic acids is 1. The van der Waals surface area contributed by atoms with E-state index in [4.69, 9.17) is 11.6 Å². The van der Waals surface area contributed by atoms with Crippen LogP contribution in [0, 0.1) is 12.7 Å². The average Bonchev–Trinajstić information content (AvgIpc) is 3.27. The van der Waals surface area contributed by atoms with Crippen molar-refractivity contribution < 1.29 is 9.18 Å². The normalized spacial score (nSPS) is 14.0. The summed E-state index contributed by atoms with van der Waals surface area (Å²) in [5.74, 6) is -0.297. The van der Waals surface area contributed by atoms with Crippen molar-refractivity contribution in [3.63, 3.8) is 0 Å². The third kappa shape index (κ3) is 3.90. The van der Waals surface area contributed by atoms with Gasteiger partial charge in [0.05, 0.1) is 17.7 Å². The molecule has 0 unspecified atom stereocenters. The summed E-state index contributed by atoms with van der Waals surface area (Å²) < 4.78 is 14.0. The topological polar surface area (TPSA) is 33.2 Å². The first kappa shape index (κ1) is 16.4. The van der Waals surface area contributed by atoms with Gasteiger partial charge in [0.15, 0.2) is 0 Å². The molecule has 122 valence electrons. The van der Waals surface area contributed by atoms with Crippen LogP contribution in [0.2, 0.25) is 5.02 Å². The van der Waals surface area contributed by atoms with Crippen molar-refractivity contribution in [2.45, 2.75) is 45.2 Å². The van der Waals surface area contributed by atoms with Crippen molar-refractivity contribution in [2.75, 3.05) is 0 Å². The molecule has 1 aliphatic carbocycles. The number of hydrogen-bond acceptors (Lipinski definition) is 3. The summed E-state index contributed by atoms with van der Waals surface area (Å²) in [4.78, 5) is 19.7. The van der Waals surface area contributed by atoms with Gasteiger partial charge in [0.2, 0.25) is 5.91 Å². The van der Waals surface area contributed by atoms with Gasteiger partial charge in [-0.25, -0.2) is 9.37 Å². The summed E-state index contributed by atoms with van der Waals surface area (Å²) in [5.41, 5.74) is 3.19. The number of aromatic nitrogens is 1. The molecular formula is C17H18ClFN2OS. The summed E-state index contributed by atoms with van der Waals surface area (Å²) in [7, 11) is 0. The van der Waals surface area contributed by atoms with Crippen LogP contribution < -0.4 is 0 Å². The molecule has 0 atom stereocenters. The van der Waals surface area contributed by atoms with E-state index in [1.54, 1.807) is 33.9 Å². The van der Waals surface area contributed by atoms with Crippen molar-refractivity contribution in [3.05, 3.63) is 50.7 Å². The Morgan fingerprint density at radius 1 is 1.48 bits per heavy atom. The SMILES string of the molecule is Cc1ncsc1CCC(=O)N(Cc1c(F)cccc1Cl)C1CC1. The monoisotopic (exact) mass is 352 g/mol. The quantitative estimate of drug-likeness (QED) is 0.773. The Bertz CT molecular complexity index is 694. The highest BCUT2D eigenvalue weighted by Gasteiger charge is 2.33. The van der Waals surface area contributed by atoms with Gasteiger partial charge in [-0.1, -0.05) is 17.7 Å². The molecule has 0 saturated heterocycles. The molecule has 23 heavy (non-hydrogen) atoms. The van der Waals surface area contributed by atoms with E-state index in [2.05, 4.69) is 4.98 Å². The molecule has 1 heterocycles. The summed E-state index contributed by atoms with van der Waals surface area (Å²) in [6.07, 6.45) is 3.07. The summed E-state index contributed by atoms with van der Waals surface area (Å²) in [6, 6.07) is 4.85. The number of nitrogens with zero attached hydrogens (tertiary/aromatic N) is 2. The Kier molecular flexibility index (Phi) is 4.97. The molecule has 1 aromatic carbocycles. The molecule has 1 aliphatic rings. The van der Waals surface area contributed by atoms with E-state index in [1.807, 2.05) is 6.92 Å². The first-order valence-electron chi connectivity index (χ1n) is 7.67. The highest BCUT2D eigenvalue weighted by molar-refractivity contribution is 7.09. The third-order valence-corrected chi connectivity index (χ3v) is 5.46. The van der Waals surface area contributed by atoms with Gasteiger partial charge in [0, 0.05) is 27.9 Å². The molecule has 6 heteroatoms. The third-order valence-electron chi connectivity index (χ3n) is 4.11. The lowest BCUT2D eigenvalue weighted by Crippen LogP contribution is -2.33. The largest absolute Gasteiger partial charge is 0.335 e. The molecule has 3 rings (SSSR count). The lowest BCUT2D eigenvalue weighted by molar-refractivity contribution is -0.132. The van der Waals surface area contributed by atoms with Crippen LogP contribution in [-0.4, -0.2) is 21.8 Å². The van der Waals surface area contributed by atoms with Crippen LogP contribution in [0.25, 0.3) is 0 Å². The lowest BCUT2D eigenvalue weighted by Gasteiger charge is -2.23. The van der Waals surface area contributed by atoms with E-state index >= 15 is 0 Å². The first-order chi connectivity index (χ1) is 11.1. The number of halogens is 2. The molecule has 0 N–H and O–H groups in total. The minimum atomic E-state index is -0.353. The fourth-order valence-corrected chi connectivity index (χ4v) is 3.60. The van der Waals surface area contributed by atoms with Crippen LogP contribution in [0.5, 0.6) is 0 Å². The molecule has 0 bridgehead atoms. The molecule has 1 amide bonds. The van der Waals surface area contributed by atoms with Crippen LogP contribution in [-0.2, 0) is 17.8 Å². The van der Waals surface area contributed by atoms with E-state index in [-0.39, 0.29) is 24.3 Å². The number of carbonyl (C=O) groups is 1. The maximum Gasteiger partial charge on any atom is 0.223 e. The molecule has 1 fully saturated rings. The molecule has 3 nitrogen and oxygen atoms in total. The van der Waals surface area contributed by atoms with Gasteiger partial charge in [-0.2, -0.15) is 0 Å². The zero-order valence-electron chi connectivity index (χ0n) is 12.9. The maximum atomic E-state index is 14.0. The average molecular weight is 353 g/mol. The van der Waals surface area contributed by atoms with Crippen molar-refractivity contribution in [1.82, 2.24) is 9.88 Å². The van der Waals surface area contributed by atoms with Gasteiger partial charge in [0.1, 0.15) is 5.82 Å². The van der Waals surface area contributed by atoms with E-state index in [0.29, 0.717) is 23.4 Å². The fraction of sp³-hybridized carbons (Fsp3) is 0.412. The molecular weight excluding hydrogens is 335 g/mol. The summed E-state index contributed by atoms with van der Waals surface area (Å²) in [5, 5.41) is 0.377. The number of thiazole rings is 1. The van der Waals surface area contributed by atoms with E-state index in [0.717, 1.165) is 23.4 Å². The van der Waals surface area contributed by atoms with Crippen LogP contribution in [0.4, 0.5) is 4.39 Å². The van der Waals surface area contributed by atoms with Gasteiger partial charge < -0.3 is 4.90 Å². The number of rotatable bonds is 6. The first-order valence-corrected chi connectivity index (χ1v) is 8.93. The molecule has 2 aromatic rings. The van der Waals surface area contributed by atoms with Gasteiger partial charge >= 0.3 is 0 Å². The van der Waals surface area contributed by atoms with E-state index in [9.17, 15) is 9.18 Å². The van der Waals surface area contributed by atoms with Gasteiger partial charge in [-0.15, -0.1) is 11.3 Å². The van der Waals surface area contributed by atoms with Crippen LogP contribution in [0.3, 0.4) is 0 Å². The standard InChI is InChI=1S/C17H18ClFN2OS/c1-11-16(23-10-20-11)7-8-17(22)21(12-5-6-12)9-13-14(18)3-2-4-15(13)19/h2-4,10,12H,5-9H2,1H3. The molecule has 1 saturated carbocycles. The van der Waals surface area contributed by atoms with Gasteiger partial charge in [-0.3, -0.25) is 4.79 Å². The van der Waals surface area contributed by atoms with E-state index < -0.39 is 0 Å². The van der Waals surface area contributed by atoms with E-state index in [1.165, 1.54) is 6.07 Å². The molecule has 0 radical (unpaired) electrons. The van der Waals surface area contributed by atoms with Crippen LogP contribution in [0.1, 0.15) is 35.4 Å². The molecule has 0 aliphatic heterocycles. The predicted molar refractivity (Wildman–Crippen MR) is 90.2 cm³/mol. The Morgan fingerprint density at radius 3 is 2.87 bits per heavy atom. The van der Waals surface area contributed by atoms with Crippen LogP contribution >= 0.6 is 22.9 Å². The second-order valence-corrected chi connectivity index (χ2v) is 7.16. The van der Waals surface area contributed by atoms with Crippen molar-refractivity contribution in [1.29, 1.82) is 0 Å². The number of hydrogen-bond donors (Lipinski definition) is 0. The zero-order valence-corrected chi connectivity index (χ0v) is 14.5. The summed E-state index contributed by atoms with van der Waals surface area (Å²) in [6.45, 7) is 2.20. The number of amides is 1. The Hall–Kier alpha value is -1.46. The Labute approximate surface area is 144 Å². The van der Waals surface area contributed by atoms with Crippen molar-refractivity contribution >= 4 is 28.8 Å². The Morgan fingerprint density at radius 2 is 2.26 bits per heavy atom. The number of aryl methyl sites for hydroxylation is 2. The maximum absolute atomic E-state index is 14.0. The highest BCUT2D eigenvalue weighted by atomic mass is 35.5. The summed E-state index contributed by atoms with van der Waals surface area (Å²) >= 11 is 7.67. The second kappa shape index (κ2) is 6.97. The second-order valence-electron chi connectivity index (χ2n) is 5.81. The Balaban J connectivity index is 1.69. The number of benzene rings is 1. The fourth-order valence-electron chi connectivity index (χ4n) is 2.59. The minimum absolute atomic E-state index is 0.0552. The molecule has 0 spiro atoms. The van der Waals surface area contributed by atoms with Gasteiger partial charge in [-0.05, 0) is 38.3 Å². The van der Waals surface area contributed by atoms with Crippen molar-refractivity contribution in [2.24, 2.45) is 0 Å². The van der Waals surface area contributed by atoms with Crippen LogP contribution in [0.15, 0.2) is 23.7 Å². The van der Waals surface area contributed by atoms with Gasteiger partial charge in [0.25, 0.3) is 0 Å². The lowest BCUT2D eigenvalue weighted by atomic mass is 10.1. The smallest absolute Gasteiger partial charge is 0.223 e. The van der Waals surface area contributed by atoms with Crippen molar-refractivity contribution in [3.8, 4) is 0 Å². The minimum Gasteiger partial charge on any atom is -0.335 e.